The van der Waals surface area contributed by atoms with Crippen LogP contribution < -0.4 is 5.32 Å². The number of carboxylic acid groups (broad SMARTS) is 1. The van der Waals surface area contributed by atoms with E-state index >= 15 is 0 Å². The van der Waals surface area contributed by atoms with E-state index in [0.29, 0.717) is 31.4 Å². The molecule has 1 aliphatic rings. The number of furan rings is 1. The molecule has 1 fully saturated rings. The SMILES string of the molecule is CCc1ccc(/C=C2\SC(=N[C@@H](CC(=O)O)c3ccc(Cl)cc3Cl)NC2=O)o1. The number of nitrogens with one attached hydrogen (secondary N) is 1. The lowest BCUT2D eigenvalue weighted by atomic mass is 10.0. The van der Waals surface area contributed by atoms with Gasteiger partial charge in [0.1, 0.15) is 11.5 Å². The van der Waals surface area contributed by atoms with Crippen molar-refractivity contribution < 1.29 is 19.1 Å². The first-order valence-corrected chi connectivity index (χ1v) is 9.97. The summed E-state index contributed by atoms with van der Waals surface area (Å²) in [5.74, 6) is 0.0317. The first-order chi connectivity index (χ1) is 13.4. The third kappa shape index (κ3) is 4.98. The Morgan fingerprint density at radius 1 is 1.36 bits per heavy atom. The van der Waals surface area contributed by atoms with Crippen molar-refractivity contribution in [3.05, 3.63) is 62.4 Å². The molecule has 2 heterocycles. The van der Waals surface area contributed by atoms with Crippen molar-refractivity contribution in [1.82, 2.24) is 5.32 Å². The van der Waals surface area contributed by atoms with E-state index < -0.39 is 12.0 Å². The molecule has 0 spiro atoms. The summed E-state index contributed by atoms with van der Waals surface area (Å²) in [6.07, 6.45) is 2.11. The van der Waals surface area contributed by atoms with Crippen molar-refractivity contribution in [3.8, 4) is 0 Å². The van der Waals surface area contributed by atoms with Gasteiger partial charge >= 0.3 is 5.97 Å². The zero-order chi connectivity index (χ0) is 20.3. The molecule has 1 aromatic heterocycles. The van der Waals surface area contributed by atoms with Gasteiger partial charge in [-0.05, 0) is 41.6 Å². The molecule has 1 saturated heterocycles. The molecule has 28 heavy (non-hydrogen) atoms. The van der Waals surface area contributed by atoms with E-state index in [0.717, 1.165) is 23.9 Å². The van der Waals surface area contributed by atoms with Gasteiger partial charge in [-0.2, -0.15) is 0 Å². The summed E-state index contributed by atoms with van der Waals surface area (Å²) in [5, 5.41) is 12.9. The van der Waals surface area contributed by atoms with E-state index in [1.54, 1.807) is 24.3 Å². The first-order valence-electron chi connectivity index (χ1n) is 8.40. The lowest BCUT2D eigenvalue weighted by Crippen LogP contribution is -2.21. The maximum absolute atomic E-state index is 12.2. The van der Waals surface area contributed by atoms with Crippen LogP contribution in [-0.4, -0.2) is 22.2 Å². The minimum Gasteiger partial charge on any atom is -0.481 e. The molecule has 0 unspecified atom stereocenters. The van der Waals surface area contributed by atoms with Crippen LogP contribution in [0.5, 0.6) is 0 Å². The molecular formula is C19H16Cl2N2O4S. The summed E-state index contributed by atoms with van der Waals surface area (Å²) < 4.78 is 5.59. The van der Waals surface area contributed by atoms with Gasteiger partial charge in [0.05, 0.1) is 17.4 Å². The van der Waals surface area contributed by atoms with Gasteiger partial charge < -0.3 is 14.8 Å². The number of nitrogens with zero attached hydrogens (tertiary/aromatic N) is 1. The predicted molar refractivity (Wildman–Crippen MR) is 111 cm³/mol. The monoisotopic (exact) mass is 438 g/mol. The molecule has 1 aliphatic heterocycles. The largest absolute Gasteiger partial charge is 0.481 e. The zero-order valence-corrected chi connectivity index (χ0v) is 17.1. The van der Waals surface area contributed by atoms with Gasteiger partial charge in [-0.3, -0.25) is 14.6 Å². The molecule has 6 nitrogen and oxygen atoms in total. The summed E-state index contributed by atoms with van der Waals surface area (Å²) in [4.78, 5) is 28.3. The molecule has 0 saturated carbocycles. The van der Waals surface area contributed by atoms with E-state index in [2.05, 4.69) is 10.3 Å². The highest BCUT2D eigenvalue weighted by molar-refractivity contribution is 8.18. The number of carbonyl (C=O) groups excluding carboxylic acids is 1. The summed E-state index contributed by atoms with van der Waals surface area (Å²) in [7, 11) is 0. The fourth-order valence-corrected chi connectivity index (χ4v) is 3.97. The Labute approximate surface area is 175 Å². The Morgan fingerprint density at radius 3 is 2.79 bits per heavy atom. The maximum atomic E-state index is 12.2. The molecular weight excluding hydrogens is 423 g/mol. The summed E-state index contributed by atoms with van der Waals surface area (Å²) >= 11 is 13.2. The van der Waals surface area contributed by atoms with Crippen molar-refractivity contribution in [2.45, 2.75) is 25.8 Å². The third-order valence-electron chi connectivity index (χ3n) is 3.92. The van der Waals surface area contributed by atoms with Gasteiger partial charge in [-0.1, -0.05) is 36.2 Å². The molecule has 1 amide bonds. The number of amides is 1. The number of carbonyl (C=O) groups is 2. The number of amidine groups is 1. The van der Waals surface area contributed by atoms with Crippen LogP contribution in [0.15, 0.2) is 44.6 Å². The topological polar surface area (TPSA) is 91.9 Å². The number of aliphatic imine (C=N–C) groups is 1. The van der Waals surface area contributed by atoms with E-state index in [1.165, 1.54) is 6.07 Å². The van der Waals surface area contributed by atoms with E-state index in [-0.39, 0.29) is 12.3 Å². The van der Waals surface area contributed by atoms with Crippen molar-refractivity contribution >= 4 is 58.1 Å². The van der Waals surface area contributed by atoms with Crippen molar-refractivity contribution in [2.75, 3.05) is 0 Å². The lowest BCUT2D eigenvalue weighted by Gasteiger charge is -2.13. The van der Waals surface area contributed by atoms with Crippen LogP contribution >= 0.6 is 35.0 Å². The molecule has 2 N–H and O–H groups in total. The van der Waals surface area contributed by atoms with Crippen molar-refractivity contribution in [2.24, 2.45) is 4.99 Å². The molecule has 0 aliphatic carbocycles. The quantitative estimate of drug-likeness (QED) is 0.623. The van der Waals surface area contributed by atoms with Crippen LogP contribution in [0.3, 0.4) is 0 Å². The molecule has 1 aromatic carbocycles. The van der Waals surface area contributed by atoms with Crippen molar-refractivity contribution in [1.29, 1.82) is 0 Å². The van der Waals surface area contributed by atoms with Crippen LogP contribution in [-0.2, 0) is 16.0 Å². The highest BCUT2D eigenvalue weighted by Crippen LogP contribution is 2.34. The van der Waals surface area contributed by atoms with Crippen LogP contribution in [0.25, 0.3) is 6.08 Å². The second-order valence-corrected chi connectivity index (χ2v) is 7.81. The zero-order valence-electron chi connectivity index (χ0n) is 14.7. The van der Waals surface area contributed by atoms with Crippen LogP contribution in [0.4, 0.5) is 0 Å². The minimum absolute atomic E-state index is 0.279. The third-order valence-corrected chi connectivity index (χ3v) is 5.40. The highest BCUT2D eigenvalue weighted by Gasteiger charge is 2.27. The summed E-state index contributed by atoms with van der Waals surface area (Å²) in [6.45, 7) is 1.97. The second-order valence-electron chi connectivity index (χ2n) is 5.94. The number of benzene rings is 1. The molecule has 2 aromatic rings. The second kappa shape index (κ2) is 8.86. The number of carboxylic acids is 1. The average molecular weight is 439 g/mol. The van der Waals surface area contributed by atoms with Gasteiger partial charge in [0.25, 0.3) is 5.91 Å². The molecule has 9 heteroatoms. The minimum atomic E-state index is -1.03. The Hall–Kier alpha value is -2.22. The van der Waals surface area contributed by atoms with Gasteiger partial charge in [-0.25, -0.2) is 0 Å². The Balaban J connectivity index is 1.86. The number of thioether (sulfide) groups is 1. The molecule has 0 radical (unpaired) electrons. The van der Waals surface area contributed by atoms with E-state index in [1.807, 2.05) is 13.0 Å². The Morgan fingerprint density at radius 2 is 2.14 bits per heavy atom. The van der Waals surface area contributed by atoms with E-state index in [9.17, 15) is 14.7 Å². The molecule has 0 bridgehead atoms. The number of aryl methyl sites for hydroxylation is 1. The number of rotatable bonds is 6. The smallest absolute Gasteiger partial charge is 0.305 e. The standard InChI is InChI=1S/C19H16Cl2N2O4S/c1-2-11-4-5-12(27-11)8-16-18(26)23-19(28-16)22-15(9-17(24)25)13-6-3-10(20)7-14(13)21/h3-8,15H,2,9H2,1H3,(H,24,25)(H,22,23,26)/b16-8-/t15-/m0/s1. The fourth-order valence-electron chi connectivity index (χ4n) is 2.58. The number of hydrogen-bond acceptors (Lipinski definition) is 5. The Bertz CT molecular complexity index is 984. The average Bonchev–Trinajstić information content (AvgIpc) is 3.21. The summed E-state index contributed by atoms with van der Waals surface area (Å²) in [6, 6.07) is 7.66. The Kier molecular flexibility index (Phi) is 6.49. The maximum Gasteiger partial charge on any atom is 0.305 e. The number of aliphatic carboxylic acids is 1. The molecule has 146 valence electrons. The van der Waals surface area contributed by atoms with Crippen molar-refractivity contribution in [3.63, 3.8) is 0 Å². The van der Waals surface area contributed by atoms with Gasteiger partial charge in [-0.15, -0.1) is 0 Å². The van der Waals surface area contributed by atoms with Gasteiger partial charge in [0.15, 0.2) is 5.17 Å². The lowest BCUT2D eigenvalue weighted by molar-refractivity contribution is -0.137. The number of halogens is 2. The van der Waals surface area contributed by atoms with Crippen LogP contribution in [0, 0.1) is 0 Å². The molecule has 3 rings (SSSR count). The predicted octanol–water partition coefficient (Wildman–Crippen LogP) is 4.92. The normalized spacial score (nSPS) is 17.9. The number of hydrogen-bond donors (Lipinski definition) is 2. The first kappa shape index (κ1) is 20.5. The molecule has 1 atom stereocenters. The fraction of sp³-hybridized carbons (Fsp3) is 0.211. The highest BCUT2D eigenvalue weighted by atomic mass is 35.5. The van der Waals surface area contributed by atoms with Gasteiger partial charge in [0.2, 0.25) is 0 Å². The van der Waals surface area contributed by atoms with Crippen LogP contribution in [0.2, 0.25) is 10.0 Å². The van der Waals surface area contributed by atoms with Crippen LogP contribution in [0.1, 0.15) is 36.5 Å². The van der Waals surface area contributed by atoms with E-state index in [4.69, 9.17) is 27.6 Å². The summed E-state index contributed by atoms with van der Waals surface area (Å²) in [5.41, 5.74) is 0.520. The van der Waals surface area contributed by atoms with Gasteiger partial charge in [0, 0.05) is 22.5 Å².